The molecule has 0 bridgehead atoms. The van der Waals surface area contributed by atoms with Crippen LogP contribution in [-0.2, 0) is 4.74 Å². The van der Waals surface area contributed by atoms with Crippen molar-refractivity contribution >= 4 is 0 Å². The van der Waals surface area contributed by atoms with Gasteiger partial charge in [0.15, 0.2) is 0 Å². The lowest BCUT2D eigenvalue weighted by molar-refractivity contribution is -0.0650. The van der Waals surface area contributed by atoms with E-state index in [2.05, 4.69) is 48.5 Å². The van der Waals surface area contributed by atoms with E-state index in [1.54, 1.807) is 0 Å². The van der Waals surface area contributed by atoms with Gasteiger partial charge in [-0.25, -0.2) is 0 Å². The summed E-state index contributed by atoms with van der Waals surface area (Å²) < 4.78 is 5.81. The molecule has 0 aliphatic rings. The van der Waals surface area contributed by atoms with Crippen molar-refractivity contribution in [3.05, 3.63) is 0 Å². The molecule has 1 atom stereocenters. The van der Waals surface area contributed by atoms with Gasteiger partial charge in [0.1, 0.15) is 0 Å². The molecule has 0 aliphatic carbocycles. The van der Waals surface area contributed by atoms with Gasteiger partial charge in [0.2, 0.25) is 0 Å². The van der Waals surface area contributed by atoms with Crippen LogP contribution in [0.25, 0.3) is 0 Å². The summed E-state index contributed by atoms with van der Waals surface area (Å²) in [5.74, 6) is 0. The topological polar surface area (TPSA) is 9.23 Å². The van der Waals surface area contributed by atoms with Gasteiger partial charge in [-0.15, -0.1) is 0 Å². The molecule has 1 nitrogen and oxygen atoms in total. The minimum atomic E-state index is -0.00926. The van der Waals surface area contributed by atoms with Crippen LogP contribution in [0.1, 0.15) is 54.9 Å². The Morgan fingerprint density at radius 3 is 1.67 bits per heavy atom. The van der Waals surface area contributed by atoms with Crippen molar-refractivity contribution < 1.29 is 4.74 Å². The van der Waals surface area contributed by atoms with Gasteiger partial charge in [0, 0.05) is 0 Å². The predicted octanol–water partition coefficient (Wildman–Crippen LogP) is 3.63. The van der Waals surface area contributed by atoms with Crippen LogP contribution in [0.2, 0.25) is 0 Å². The van der Waals surface area contributed by atoms with E-state index in [-0.39, 0.29) is 5.60 Å². The highest BCUT2D eigenvalue weighted by Crippen LogP contribution is 2.24. The molecular formula is C11H24O. The molecule has 12 heavy (non-hydrogen) atoms. The van der Waals surface area contributed by atoms with E-state index in [0.29, 0.717) is 11.5 Å². The van der Waals surface area contributed by atoms with Gasteiger partial charge in [0.25, 0.3) is 0 Å². The van der Waals surface area contributed by atoms with Crippen LogP contribution in [0.4, 0.5) is 0 Å². The third-order valence-electron chi connectivity index (χ3n) is 1.45. The average Bonchev–Trinajstić information content (AvgIpc) is 1.49. The molecule has 1 heteroatoms. The molecule has 0 N–H and O–H groups in total. The van der Waals surface area contributed by atoms with Crippen LogP contribution in [0, 0.1) is 5.41 Å². The molecule has 0 aromatic heterocycles. The van der Waals surface area contributed by atoms with E-state index in [9.17, 15) is 0 Å². The first-order valence-corrected chi connectivity index (χ1v) is 4.78. The molecule has 0 unspecified atom stereocenters. The summed E-state index contributed by atoms with van der Waals surface area (Å²) in [7, 11) is 0. The smallest absolute Gasteiger partial charge is 0.0602 e. The first-order chi connectivity index (χ1) is 5.10. The lowest BCUT2D eigenvalue weighted by Gasteiger charge is -2.29. The molecule has 0 saturated heterocycles. The van der Waals surface area contributed by atoms with Gasteiger partial charge in [-0.2, -0.15) is 0 Å². The van der Waals surface area contributed by atoms with Crippen LogP contribution in [-0.4, -0.2) is 11.7 Å². The molecule has 74 valence electrons. The maximum Gasteiger partial charge on any atom is 0.0602 e. The Kier molecular flexibility index (Phi) is 3.77. The number of hydrogen-bond donors (Lipinski definition) is 0. The third-order valence-corrected chi connectivity index (χ3v) is 1.45. The lowest BCUT2D eigenvalue weighted by atomic mass is 9.89. The Labute approximate surface area is 77.5 Å². The zero-order valence-electron chi connectivity index (χ0n) is 9.69. The average molecular weight is 172 g/mol. The Morgan fingerprint density at radius 2 is 1.42 bits per heavy atom. The lowest BCUT2D eigenvalue weighted by Crippen LogP contribution is -2.28. The van der Waals surface area contributed by atoms with Crippen LogP contribution in [0.15, 0.2) is 0 Å². The van der Waals surface area contributed by atoms with Gasteiger partial charge in [-0.05, 0) is 39.5 Å². The largest absolute Gasteiger partial charge is 0.373 e. The standard InChI is InChI=1S/C11H24O/c1-9(8-10(2,3)4)12-11(5,6)7/h9H,8H2,1-7H3/t9-/m1/s1. The molecule has 0 spiro atoms. The highest BCUT2D eigenvalue weighted by Gasteiger charge is 2.20. The van der Waals surface area contributed by atoms with Crippen molar-refractivity contribution in [2.45, 2.75) is 66.6 Å². The van der Waals surface area contributed by atoms with E-state index >= 15 is 0 Å². The fourth-order valence-corrected chi connectivity index (χ4v) is 1.51. The normalized spacial score (nSPS) is 16.2. The molecule has 0 heterocycles. The van der Waals surface area contributed by atoms with Gasteiger partial charge in [-0.1, -0.05) is 20.8 Å². The molecule has 0 fully saturated rings. The predicted molar refractivity (Wildman–Crippen MR) is 54.4 cm³/mol. The van der Waals surface area contributed by atoms with E-state index in [0.717, 1.165) is 6.42 Å². The van der Waals surface area contributed by atoms with Crippen molar-refractivity contribution in [2.24, 2.45) is 5.41 Å². The third kappa shape index (κ3) is 8.06. The first kappa shape index (κ1) is 12.0. The molecule has 0 radical (unpaired) electrons. The van der Waals surface area contributed by atoms with E-state index in [1.807, 2.05) is 0 Å². The van der Waals surface area contributed by atoms with E-state index in [4.69, 9.17) is 4.74 Å². The van der Waals surface area contributed by atoms with Crippen LogP contribution in [0.3, 0.4) is 0 Å². The Bertz CT molecular complexity index is 109. The number of rotatable bonds is 2. The van der Waals surface area contributed by atoms with E-state index in [1.165, 1.54) is 0 Å². The molecule has 0 rings (SSSR count). The van der Waals surface area contributed by atoms with Crippen molar-refractivity contribution in [3.63, 3.8) is 0 Å². The summed E-state index contributed by atoms with van der Waals surface area (Å²) in [5.41, 5.74) is 0.356. The monoisotopic (exact) mass is 172 g/mol. The molecular weight excluding hydrogens is 148 g/mol. The van der Waals surface area contributed by atoms with E-state index < -0.39 is 0 Å². The SMILES string of the molecule is C[C@H](CC(C)(C)C)OC(C)(C)C. The summed E-state index contributed by atoms with van der Waals surface area (Å²) in [6.07, 6.45) is 1.47. The molecule has 0 aromatic rings. The van der Waals surface area contributed by atoms with Gasteiger partial charge < -0.3 is 4.74 Å². The Hall–Kier alpha value is -0.0400. The quantitative estimate of drug-likeness (QED) is 0.618. The summed E-state index contributed by atoms with van der Waals surface area (Å²) in [5, 5.41) is 0. The summed E-state index contributed by atoms with van der Waals surface area (Å²) in [4.78, 5) is 0. The minimum Gasteiger partial charge on any atom is -0.373 e. The molecule has 0 aromatic carbocycles. The Balaban J connectivity index is 3.83. The van der Waals surface area contributed by atoms with Crippen molar-refractivity contribution in [3.8, 4) is 0 Å². The number of ether oxygens (including phenoxy) is 1. The van der Waals surface area contributed by atoms with Crippen LogP contribution < -0.4 is 0 Å². The molecule has 0 saturated carbocycles. The van der Waals surface area contributed by atoms with Gasteiger partial charge in [0.05, 0.1) is 11.7 Å². The molecule has 0 amide bonds. The zero-order chi connectivity index (χ0) is 9.99. The summed E-state index contributed by atoms with van der Waals surface area (Å²) >= 11 is 0. The highest BCUT2D eigenvalue weighted by atomic mass is 16.5. The van der Waals surface area contributed by atoms with Gasteiger partial charge >= 0.3 is 0 Å². The Morgan fingerprint density at radius 1 is 1.00 bits per heavy atom. The molecule has 0 aliphatic heterocycles. The second kappa shape index (κ2) is 3.78. The fraction of sp³-hybridized carbons (Fsp3) is 1.00. The van der Waals surface area contributed by atoms with Crippen LogP contribution in [0.5, 0.6) is 0 Å². The number of hydrogen-bond acceptors (Lipinski definition) is 1. The summed E-state index contributed by atoms with van der Waals surface area (Å²) in [6.45, 7) is 15.2. The van der Waals surface area contributed by atoms with Gasteiger partial charge in [-0.3, -0.25) is 0 Å². The highest BCUT2D eigenvalue weighted by molar-refractivity contribution is 4.69. The fourth-order valence-electron chi connectivity index (χ4n) is 1.51. The second-order valence-corrected chi connectivity index (χ2v) is 5.81. The van der Waals surface area contributed by atoms with Crippen molar-refractivity contribution in [1.82, 2.24) is 0 Å². The maximum atomic E-state index is 5.81. The van der Waals surface area contributed by atoms with Crippen LogP contribution >= 0.6 is 0 Å². The first-order valence-electron chi connectivity index (χ1n) is 4.78. The maximum absolute atomic E-state index is 5.81. The van der Waals surface area contributed by atoms with Crippen molar-refractivity contribution in [2.75, 3.05) is 0 Å². The summed E-state index contributed by atoms with van der Waals surface area (Å²) in [6, 6.07) is 0. The second-order valence-electron chi connectivity index (χ2n) is 5.81. The van der Waals surface area contributed by atoms with Crippen molar-refractivity contribution in [1.29, 1.82) is 0 Å². The minimum absolute atomic E-state index is 0.00926. The zero-order valence-corrected chi connectivity index (χ0v) is 9.69.